The molecule has 5 heteroatoms. The van der Waals surface area contributed by atoms with Crippen molar-refractivity contribution in [3.63, 3.8) is 0 Å². The fourth-order valence-electron chi connectivity index (χ4n) is 4.32. The Labute approximate surface area is 164 Å². The molecule has 0 saturated carbocycles. The Morgan fingerprint density at radius 2 is 1.82 bits per heavy atom. The molecule has 5 rings (SSSR count). The average Bonchev–Trinajstić information content (AvgIpc) is 2.75. The number of halogens is 2. The quantitative estimate of drug-likeness (QED) is 0.812. The van der Waals surface area contributed by atoms with Crippen LogP contribution in [-0.4, -0.2) is 36.5 Å². The van der Waals surface area contributed by atoms with E-state index in [9.17, 15) is 13.6 Å². The lowest BCUT2D eigenvalue weighted by molar-refractivity contribution is -0.00824. The summed E-state index contributed by atoms with van der Waals surface area (Å²) >= 11 is 0. The first-order chi connectivity index (χ1) is 13.5. The SMILES string of the molecule is CCC(F)(F)c1cccc(-c2ccc(C(=O)N[C@@H]3CN4CCC3CC4)cc2)c1. The molecule has 0 aromatic heterocycles. The van der Waals surface area contributed by atoms with Crippen LogP contribution in [0.15, 0.2) is 48.5 Å². The van der Waals surface area contributed by atoms with E-state index in [1.807, 2.05) is 18.2 Å². The molecule has 3 aliphatic rings. The first-order valence-corrected chi connectivity index (χ1v) is 10.1. The third-order valence-electron chi connectivity index (χ3n) is 6.18. The molecule has 28 heavy (non-hydrogen) atoms. The lowest BCUT2D eigenvalue weighted by Crippen LogP contribution is -2.57. The molecular weight excluding hydrogens is 358 g/mol. The van der Waals surface area contributed by atoms with Crippen molar-refractivity contribution in [2.75, 3.05) is 19.6 Å². The molecule has 0 spiro atoms. The predicted molar refractivity (Wildman–Crippen MR) is 106 cm³/mol. The topological polar surface area (TPSA) is 32.3 Å². The maximum absolute atomic E-state index is 14.0. The number of alkyl halides is 2. The van der Waals surface area contributed by atoms with Gasteiger partial charge in [0, 0.05) is 30.1 Å². The number of piperidine rings is 3. The fraction of sp³-hybridized carbons (Fsp3) is 0.435. The zero-order valence-corrected chi connectivity index (χ0v) is 16.1. The van der Waals surface area contributed by atoms with Crippen molar-refractivity contribution >= 4 is 5.91 Å². The maximum Gasteiger partial charge on any atom is 0.273 e. The number of rotatable bonds is 5. The van der Waals surface area contributed by atoms with Crippen LogP contribution in [0.5, 0.6) is 0 Å². The molecule has 3 saturated heterocycles. The Balaban J connectivity index is 1.47. The number of carbonyl (C=O) groups excluding carboxylic acids is 1. The number of hydrogen-bond acceptors (Lipinski definition) is 2. The zero-order valence-electron chi connectivity index (χ0n) is 16.1. The van der Waals surface area contributed by atoms with Crippen LogP contribution in [0.1, 0.15) is 42.1 Å². The summed E-state index contributed by atoms with van der Waals surface area (Å²) in [4.78, 5) is 15.0. The fourth-order valence-corrected chi connectivity index (χ4v) is 4.32. The van der Waals surface area contributed by atoms with Crippen LogP contribution in [0.2, 0.25) is 0 Å². The van der Waals surface area contributed by atoms with Crippen LogP contribution in [0.25, 0.3) is 11.1 Å². The maximum atomic E-state index is 14.0. The minimum absolute atomic E-state index is 0.0247. The van der Waals surface area contributed by atoms with E-state index in [0.717, 1.165) is 43.6 Å². The molecule has 2 aromatic carbocycles. The summed E-state index contributed by atoms with van der Waals surface area (Å²) in [6.07, 6.45) is 2.08. The Morgan fingerprint density at radius 1 is 1.11 bits per heavy atom. The van der Waals surface area contributed by atoms with E-state index >= 15 is 0 Å². The molecule has 3 fully saturated rings. The van der Waals surface area contributed by atoms with E-state index in [1.54, 1.807) is 18.2 Å². The van der Waals surface area contributed by atoms with E-state index in [0.29, 0.717) is 11.5 Å². The van der Waals surface area contributed by atoms with Crippen molar-refractivity contribution < 1.29 is 13.6 Å². The first kappa shape index (κ1) is 19.1. The molecule has 0 unspecified atom stereocenters. The second-order valence-corrected chi connectivity index (χ2v) is 7.93. The van der Waals surface area contributed by atoms with Crippen LogP contribution in [0, 0.1) is 5.92 Å². The summed E-state index contributed by atoms with van der Waals surface area (Å²) in [7, 11) is 0. The number of hydrogen-bond donors (Lipinski definition) is 1. The Hall–Kier alpha value is -2.27. The molecule has 3 heterocycles. The minimum atomic E-state index is -2.83. The highest BCUT2D eigenvalue weighted by Crippen LogP contribution is 2.34. The second kappa shape index (κ2) is 7.63. The van der Waals surface area contributed by atoms with Crippen LogP contribution in [0.4, 0.5) is 8.78 Å². The van der Waals surface area contributed by atoms with Gasteiger partial charge in [0.25, 0.3) is 11.8 Å². The third kappa shape index (κ3) is 3.81. The molecule has 0 radical (unpaired) electrons. The summed E-state index contributed by atoms with van der Waals surface area (Å²) < 4.78 is 28.0. The number of nitrogens with zero attached hydrogens (tertiary/aromatic N) is 1. The molecule has 3 nitrogen and oxygen atoms in total. The highest BCUT2D eigenvalue weighted by molar-refractivity contribution is 5.95. The van der Waals surface area contributed by atoms with E-state index in [4.69, 9.17) is 0 Å². The van der Waals surface area contributed by atoms with Gasteiger partial charge in [-0.3, -0.25) is 4.79 Å². The number of fused-ring (bicyclic) bond motifs is 3. The Morgan fingerprint density at radius 3 is 2.43 bits per heavy atom. The van der Waals surface area contributed by atoms with Crippen molar-refractivity contribution in [1.29, 1.82) is 0 Å². The zero-order chi connectivity index (χ0) is 19.7. The van der Waals surface area contributed by atoms with E-state index in [2.05, 4.69) is 10.2 Å². The third-order valence-corrected chi connectivity index (χ3v) is 6.18. The van der Waals surface area contributed by atoms with Gasteiger partial charge in [-0.25, -0.2) is 8.78 Å². The van der Waals surface area contributed by atoms with E-state index in [-0.39, 0.29) is 23.9 Å². The summed E-state index contributed by atoms with van der Waals surface area (Å²) in [6.45, 7) is 4.70. The van der Waals surface area contributed by atoms with Gasteiger partial charge >= 0.3 is 0 Å². The summed E-state index contributed by atoms with van der Waals surface area (Å²) in [6, 6.07) is 13.9. The van der Waals surface area contributed by atoms with E-state index < -0.39 is 5.92 Å². The summed E-state index contributed by atoms with van der Waals surface area (Å²) in [5, 5.41) is 3.18. The van der Waals surface area contributed by atoms with Crippen LogP contribution in [0.3, 0.4) is 0 Å². The Kier molecular flexibility index (Phi) is 5.19. The van der Waals surface area contributed by atoms with E-state index in [1.165, 1.54) is 19.1 Å². The molecule has 0 aliphatic carbocycles. The van der Waals surface area contributed by atoms with Crippen molar-refractivity contribution in [3.05, 3.63) is 59.7 Å². The Bertz CT molecular complexity index is 842. The minimum Gasteiger partial charge on any atom is -0.348 e. The van der Waals surface area contributed by atoms with Gasteiger partial charge in [-0.05, 0) is 61.2 Å². The second-order valence-electron chi connectivity index (χ2n) is 7.93. The largest absolute Gasteiger partial charge is 0.348 e. The normalized spacial score (nSPS) is 24.2. The van der Waals surface area contributed by atoms with Crippen molar-refractivity contribution in [2.45, 2.75) is 38.2 Å². The first-order valence-electron chi connectivity index (χ1n) is 10.1. The monoisotopic (exact) mass is 384 g/mol. The van der Waals surface area contributed by atoms with Crippen LogP contribution < -0.4 is 5.32 Å². The van der Waals surface area contributed by atoms with Gasteiger partial charge in [-0.1, -0.05) is 37.3 Å². The van der Waals surface area contributed by atoms with Crippen molar-refractivity contribution in [3.8, 4) is 11.1 Å². The number of amides is 1. The molecule has 148 valence electrons. The molecule has 1 atom stereocenters. The highest BCUT2D eigenvalue weighted by atomic mass is 19.3. The van der Waals surface area contributed by atoms with Gasteiger partial charge in [-0.15, -0.1) is 0 Å². The number of nitrogens with one attached hydrogen (secondary N) is 1. The van der Waals surface area contributed by atoms with Crippen molar-refractivity contribution in [2.24, 2.45) is 5.92 Å². The summed E-state index contributed by atoms with van der Waals surface area (Å²) in [5.74, 6) is -2.31. The van der Waals surface area contributed by atoms with Gasteiger partial charge in [0.05, 0.1) is 0 Å². The van der Waals surface area contributed by atoms with Crippen molar-refractivity contribution in [1.82, 2.24) is 10.2 Å². The predicted octanol–water partition coefficient (Wildman–Crippen LogP) is 4.68. The molecular formula is C23H26F2N2O. The highest BCUT2D eigenvalue weighted by Gasteiger charge is 2.35. The average molecular weight is 384 g/mol. The van der Waals surface area contributed by atoms with Crippen LogP contribution in [-0.2, 0) is 5.92 Å². The lowest BCUT2D eigenvalue weighted by Gasteiger charge is -2.44. The molecule has 2 bridgehead atoms. The lowest BCUT2D eigenvalue weighted by atomic mass is 9.84. The van der Waals surface area contributed by atoms with Gasteiger partial charge in [-0.2, -0.15) is 0 Å². The molecule has 2 aromatic rings. The van der Waals surface area contributed by atoms with Gasteiger partial charge < -0.3 is 10.2 Å². The standard InChI is InChI=1S/C23H26F2N2O/c1-2-23(24,25)20-5-3-4-19(14-20)16-6-8-18(9-7-16)22(28)26-21-15-27-12-10-17(21)11-13-27/h3-9,14,17,21H,2,10-13,15H2,1H3,(H,26,28)/t21-/m1/s1. The summed E-state index contributed by atoms with van der Waals surface area (Å²) in [5.41, 5.74) is 2.19. The molecule has 3 aliphatic heterocycles. The van der Waals surface area contributed by atoms with Gasteiger partial charge in [0.1, 0.15) is 0 Å². The van der Waals surface area contributed by atoms with Gasteiger partial charge in [0.15, 0.2) is 0 Å². The molecule has 1 amide bonds. The van der Waals surface area contributed by atoms with Gasteiger partial charge in [0.2, 0.25) is 0 Å². The molecule has 1 N–H and O–H groups in total. The smallest absolute Gasteiger partial charge is 0.273 e. The van der Waals surface area contributed by atoms with Crippen LogP contribution >= 0.6 is 0 Å². The number of carbonyl (C=O) groups is 1. The number of benzene rings is 2.